The summed E-state index contributed by atoms with van der Waals surface area (Å²) in [6.07, 6.45) is 0.132. The number of nitro groups is 1. The Morgan fingerprint density at radius 2 is 2.14 bits per heavy atom. The van der Waals surface area contributed by atoms with E-state index in [-0.39, 0.29) is 18.0 Å². The van der Waals surface area contributed by atoms with Crippen molar-refractivity contribution in [1.82, 2.24) is 14.8 Å². The second-order valence-corrected chi connectivity index (χ2v) is 5.52. The third kappa shape index (κ3) is 2.87. The highest BCUT2D eigenvalue weighted by molar-refractivity contribution is 7.99. The third-order valence-electron chi connectivity index (χ3n) is 3.03. The van der Waals surface area contributed by atoms with Gasteiger partial charge in [0.2, 0.25) is 11.9 Å². The monoisotopic (exact) mass is 305 g/mol. The second-order valence-electron chi connectivity index (χ2n) is 4.45. The number of non-ortho nitro benzene ring substituents is 1. The van der Waals surface area contributed by atoms with Crippen LogP contribution in [0.1, 0.15) is 5.56 Å². The predicted molar refractivity (Wildman–Crippen MR) is 76.2 cm³/mol. The minimum absolute atomic E-state index is 0.00598. The molecule has 8 nitrogen and oxygen atoms in total. The average molecular weight is 305 g/mol. The number of rotatable bonds is 4. The maximum Gasteiger partial charge on any atom is 0.269 e. The highest BCUT2D eigenvalue weighted by Crippen LogP contribution is 2.26. The number of carbonyl (C=O) groups excluding carboxylic acids is 1. The highest BCUT2D eigenvalue weighted by atomic mass is 32.2. The van der Waals surface area contributed by atoms with Gasteiger partial charge in [-0.05, 0) is 5.56 Å². The maximum absolute atomic E-state index is 12.0. The van der Waals surface area contributed by atoms with Crippen molar-refractivity contribution in [2.75, 3.05) is 11.1 Å². The van der Waals surface area contributed by atoms with Crippen LogP contribution in [0.2, 0.25) is 0 Å². The topological polar surface area (TPSA) is 103 Å². The van der Waals surface area contributed by atoms with E-state index in [4.69, 9.17) is 0 Å². The van der Waals surface area contributed by atoms with E-state index in [1.165, 1.54) is 12.1 Å². The summed E-state index contributed by atoms with van der Waals surface area (Å²) < 4.78 is 1.86. The van der Waals surface area contributed by atoms with Crippen LogP contribution in [0.25, 0.3) is 0 Å². The molecule has 1 aliphatic heterocycles. The van der Waals surface area contributed by atoms with Gasteiger partial charge in [-0.3, -0.25) is 24.8 Å². The van der Waals surface area contributed by atoms with E-state index in [9.17, 15) is 14.9 Å². The molecule has 0 radical (unpaired) electrons. The molecule has 1 N–H and O–H groups in total. The molecule has 1 amide bonds. The molecule has 0 unspecified atom stereocenters. The fourth-order valence-electron chi connectivity index (χ4n) is 2.01. The lowest BCUT2D eigenvalue weighted by molar-refractivity contribution is -0.384. The fraction of sp³-hybridized carbons (Fsp3) is 0.250. The van der Waals surface area contributed by atoms with Gasteiger partial charge in [-0.2, -0.15) is 0 Å². The van der Waals surface area contributed by atoms with Crippen LogP contribution in [-0.2, 0) is 17.8 Å². The van der Waals surface area contributed by atoms with Crippen molar-refractivity contribution < 1.29 is 9.72 Å². The highest BCUT2D eigenvalue weighted by Gasteiger charge is 2.19. The summed E-state index contributed by atoms with van der Waals surface area (Å²) >= 11 is 1.60. The fourth-order valence-corrected chi connectivity index (χ4v) is 2.90. The first-order valence-electron chi connectivity index (χ1n) is 6.22. The molecule has 2 heterocycles. The molecule has 0 saturated carbocycles. The number of aromatic nitrogens is 3. The van der Waals surface area contributed by atoms with Crippen LogP contribution in [-0.4, -0.2) is 31.3 Å². The molecule has 0 fully saturated rings. The molecule has 2 aromatic rings. The Labute approximate surface area is 123 Å². The molecule has 108 valence electrons. The lowest BCUT2D eigenvalue weighted by Crippen LogP contribution is -2.17. The van der Waals surface area contributed by atoms with Gasteiger partial charge >= 0.3 is 0 Å². The zero-order valence-corrected chi connectivity index (χ0v) is 11.7. The molecule has 0 aliphatic carbocycles. The van der Waals surface area contributed by atoms with Crippen molar-refractivity contribution in [2.24, 2.45) is 0 Å². The SMILES string of the molecule is O=C(Cc1ccc([N+](=O)[O-])cc1)Nc1nnc2n1CCS2. The van der Waals surface area contributed by atoms with Gasteiger partial charge in [0, 0.05) is 24.4 Å². The Morgan fingerprint density at radius 3 is 2.86 bits per heavy atom. The number of fused-ring (bicyclic) bond motifs is 1. The molecule has 0 bridgehead atoms. The number of nitrogens with one attached hydrogen (secondary N) is 1. The number of amides is 1. The van der Waals surface area contributed by atoms with Crippen LogP contribution in [0.15, 0.2) is 29.4 Å². The molecular weight excluding hydrogens is 294 g/mol. The Kier molecular flexibility index (Phi) is 3.57. The Bertz CT molecular complexity index is 697. The summed E-state index contributed by atoms with van der Waals surface area (Å²) in [6.45, 7) is 0.778. The van der Waals surface area contributed by atoms with Gasteiger partial charge in [0.15, 0.2) is 5.16 Å². The number of carbonyl (C=O) groups is 1. The average Bonchev–Trinajstić information content (AvgIpc) is 3.04. The van der Waals surface area contributed by atoms with Crippen LogP contribution < -0.4 is 5.32 Å². The summed E-state index contributed by atoms with van der Waals surface area (Å²) in [5.41, 5.74) is 0.708. The minimum Gasteiger partial charge on any atom is -0.294 e. The number of thioether (sulfide) groups is 1. The Morgan fingerprint density at radius 1 is 1.38 bits per heavy atom. The molecule has 3 rings (SSSR count). The normalized spacial score (nSPS) is 13.0. The summed E-state index contributed by atoms with van der Waals surface area (Å²) in [4.78, 5) is 22.1. The van der Waals surface area contributed by atoms with Gasteiger partial charge in [-0.25, -0.2) is 0 Å². The van der Waals surface area contributed by atoms with Crippen LogP contribution in [0.4, 0.5) is 11.6 Å². The van der Waals surface area contributed by atoms with Crippen LogP contribution >= 0.6 is 11.8 Å². The van der Waals surface area contributed by atoms with Crippen molar-refractivity contribution in [3.8, 4) is 0 Å². The smallest absolute Gasteiger partial charge is 0.269 e. The molecular formula is C12H11N5O3S. The van der Waals surface area contributed by atoms with Gasteiger partial charge < -0.3 is 0 Å². The van der Waals surface area contributed by atoms with Gasteiger partial charge in [0.25, 0.3) is 5.69 Å². The van der Waals surface area contributed by atoms with Crippen LogP contribution in [0.3, 0.4) is 0 Å². The minimum atomic E-state index is -0.471. The maximum atomic E-state index is 12.0. The quantitative estimate of drug-likeness (QED) is 0.678. The van der Waals surface area contributed by atoms with E-state index >= 15 is 0 Å². The lowest BCUT2D eigenvalue weighted by atomic mass is 10.1. The molecule has 1 aromatic carbocycles. The lowest BCUT2D eigenvalue weighted by Gasteiger charge is -2.05. The first kappa shape index (κ1) is 13.6. The second kappa shape index (κ2) is 5.52. The van der Waals surface area contributed by atoms with Gasteiger partial charge in [-0.15, -0.1) is 10.2 Å². The van der Waals surface area contributed by atoms with E-state index in [0.29, 0.717) is 11.5 Å². The van der Waals surface area contributed by atoms with E-state index in [1.54, 1.807) is 23.9 Å². The summed E-state index contributed by atoms with van der Waals surface area (Å²) in [6, 6.07) is 5.91. The first-order chi connectivity index (χ1) is 10.1. The van der Waals surface area contributed by atoms with Crippen molar-refractivity contribution in [2.45, 2.75) is 18.1 Å². The van der Waals surface area contributed by atoms with Gasteiger partial charge in [0.05, 0.1) is 11.3 Å². The van der Waals surface area contributed by atoms with Crippen molar-refractivity contribution >= 4 is 29.3 Å². The van der Waals surface area contributed by atoms with Crippen molar-refractivity contribution in [3.05, 3.63) is 39.9 Å². The Balaban J connectivity index is 1.65. The molecule has 0 atom stereocenters. The molecule has 0 saturated heterocycles. The van der Waals surface area contributed by atoms with Crippen LogP contribution in [0.5, 0.6) is 0 Å². The zero-order valence-electron chi connectivity index (χ0n) is 10.9. The number of hydrogen-bond acceptors (Lipinski definition) is 6. The zero-order chi connectivity index (χ0) is 14.8. The van der Waals surface area contributed by atoms with E-state index < -0.39 is 4.92 Å². The van der Waals surface area contributed by atoms with Gasteiger partial charge in [-0.1, -0.05) is 23.9 Å². The van der Waals surface area contributed by atoms with Crippen molar-refractivity contribution in [3.63, 3.8) is 0 Å². The number of hydrogen-bond donors (Lipinski definition) is 1. The van der Waals surface area contributed by atoms with Gasteiger partial charge in [0.1, 0.15) is 0 Å². The summed E-state index contributed by atoms with van der Waals surface area (Å²) in [5.74, 6) is 1.15. The van der Waals surface area contributed by atoms with E-state index in [2.05, 4.69) is 15.5 Å². The molecule has 21 heavy (non-hydrogen) atoms. The van der Waals surface area contributed by atoms with E-state index in [1.807, 2.05) is 4.57 Å². The summed E-state index contributed by atoms with van der Waals surface area (Å²) in [5, 5.41) is 22.0. The Hall–Kier alpha value is -2.42. The third-order valence-corrected chi connectivity index (χ3v) is 3.97. The van der Waals surface area contributed by atoms with Crippen molar-refractivity contribution in [1.29, 1.82) is 0 Å². The number of benzene rings is 1. The standard InChI is InChI=1S/C12H11N5O3S/c18-10(7-8-1-3-9(4-2-8)17(19)20)13-11-14-15-12-16(11)5-6-21-12/h1-4H,5-7H2,(H,13,14,18). The number of nitro benzene ring substituents is 1. The number of nitrogens with zero attached hydrogens (tertiary/aromatic N) is 4. The largest absolute Gasteiger partial charge is 0.294 e. The number of anilines is 1. The molecule has 0 spiro atoms. The van der Waals surface area contributed by atoms with Crippen LogP contribution in [0, 0.1) is 10.1 Å². The molecule has 9 heteroatoms. The molecule has 1 aliphatic rings. The van der Waals surface area contributed by atoms with E-state index in [0.717, 1.165) is 17.5 Å². The first-order valence-corrected chi connectivity index (χ1v) is 7.21. The molecule has 1 aromatic heterocycles. The summed E-state index contributed by atoms with van der Waals surface area (Å²) in [7, 11) is 0. The predicted octanol–water partition coefficient (Wildman–Crippen LogP) is 1.47.